The number of benzene rings is 2. The lowest BCUT2D eigenvalue weighted by atomic mass is 9.75. The van der Waals surface area contributed by atoms with Crippen molar-refractivity contribution in [2.45, 2.75) is 52.7 Å². The fourth-order valence-corrected chi connectivity index (χ4v) is 3.44. The summed E-state index contributed by atoms with van der Waals surface area (Å²) < 4.78 is 22.9. The number of esters is 2. The first-order valence-electron chi connectivity index (χ1n) is 10.5. The molecule has 0 atom stereocenters. The Morgan fingerprint density at radius 1 is 0.839 bits per heavy atom. The maximum absolute atomic E-state index is 12.9. The fraction of sp³-hybridized carbons (Fsp3) is 0.417. The van der Waals surface area contributed by atoms with E-state index in [4.69, 9.17) is 18.8 Å². The number of carbonyl (C=O) groups is 2. The van der Waals surface area contributed by atoms with E-state index in [1.54, 1.807) is 26.0 Å². The molecule has 1 heterocycles. The fourth-order valence-electron chi connectivity index (χ4n) is 3.44. The van der Waals surface area contributed by atoms with Crippen LogP contribution in [0.25, 0.3) is 11.1 Å². The van der Waals surface area contributed by atoms with Crippen LogP contribution in [0.4, 0.5) is 0 Å². The van der Waals surface area contributed by atoms with E-state index < -0.39 is 30.3 Å². The van der Waals surface area contributed by atoms with Gasteiger partial charge in [-0.3, -0.25) is 0 Å². The first kappa shape index (κ1) is 23.0. The molecule has 0 bridgehead atoms. The van der Waals surface area contributed by atoms with Gasteiger partial charge in [-0.05, 0) is 64.7 Å². The molecule has 3 rings (SSSR count). The summed E-state index contributed by atoms with van der Waals surface area (Å²) in [7, 11) is -0.740. The molecule has 31 heavy (non-hydrogen) atoms. The van der Waals surface area contributed by atoms with E-state index in [1.165, 1.54) is 0 Å². The largest absolute Gasteiger partial charge is 0.494 e. The molecule has 1 fully saturated rings. The van der Waals surface area contributed by atoms with Crippen molar-refractivity contribution in [2.24, 2.45) is 0 Å². The average Bonchev–Trinajstić information content (AvgIpc) is 2.95. The molecule has 0 saturated carbocycles. The Bertz CT molecular complexity index is 912. The molecule has 1 aliphatic rings. The van der Waals surface area contributed by atoms with E-state index in [0.717, 1.165) is 0 Å². The third kappa shape index (κ3) is 4.53. The molecule has 0 N–H and O–H groups in total. The summed E-state index contributed by atoms with van der Waals surface area (Å²) in [5, 5.41) is 0. The van der Waals surface area contributed by atoms with Crippen LogP contribution in [-0.2, 0) is 18.8 Å². The maximum atomic E-state index is 12.9. The molecule has 6 nitrogen and oxygen atoms in total. The Kier molecular flexibility index (Phi) is 6.58. The molecule has 0 amide bonds. The van der Waals surface area contributed by atoms with E-state index in [2.05, 4.69) is 0 Å². The highest BCUT2D eigenvalue weighted by Crippen LogP contribution is 2.37. The minimum Gasteiger partial charge on any atom is -0.462 e. The van der Waals surface area contributed by atoms with Crippen molar-refractivity contribution in [1.29, 1.82) is 0 Å². The first-order valence-corrected chi connectivity index (χ1v) is 10.5. The van der Waals surface area contributed by atoms with Crippen LogP contribution in [0.2, 0.25) is 0 Å². The molecular formula is C24H29BO6. The van der Waals surface area contributed by atoms with Gasteiger partial charge >= 0.3 is 19.1 Å². The average molecular weight is 424 g/mol. The first-order chi connectivity index (χ1) is 14.6. The van der Waals surface area contributed by atoms with Crippen LogP contribution in [0.5, 0.6) is 0 Å². The second-order valence-corrected chi connectivity index (χ2v) is 8.39. The second-order valence-electron chi connectivity index (χ2n) is 8.39. The maximum Gasteiger partial charge on any atom is 0.494 e. The summed E-state index contributed by atoms with van der Waals surface area (Å²) >= 11 is 0. The van der Waals surface area contributed by atoms with Crippen molar-refractivity contribution < 1.29 is 28.4 Å². The van der Waals surface area contributed by atoms with E-state index >= 15 is 0 Å². The summed E-state index contributed by atoms with van der Waals surface area (Å²) in [6.45, 7) is 11.7. The lowest BCUT2D eigenvalue weighted by Gasteiger charge is -2.32. The minimum absolute atomic E-state index is 0.211. The molecule has 0 radical (unpaired) electrons. The van der Waals surface area contributed by atoms with Crippen LogP contribution in [0.3, 0.4) is 0 Å². The van der Waals surface area contributed by atoms with Gasteiger partial charge in [-0.15, -0.1) is 0 Å². The molecule has 1 saturated heterocycles. The van der Waals surface area contributed by atoms with Gasteiger partial charge in [0.15, 0.2) is 0 Å². The lowest BCUT2D eigenvalue weighted by molar-refractivity contribution is 0.00578. The van der Waals surface area contributed by atoms with Crippen molar-refractivity contribution in [3.8, 4) is 11.1 Å². The van der Waals surface area contributed by atoms with Crippen LogP contribution >= 0.6 is 0 Å². The number of hydrogen-bond donors (Lipinski definition) is 0. The Balaban J connectivity index is 2.23. The van der Waals surface area contributed by atoms with E-state index in [0.29, 0.717) is 16.6 Å². The van der Waals surface area contributed by atoms with Crippen molar-refractivity contribution in [3.63, 3.8) is 0 Å². The standard InChI is InChI=1S/C24H29BO6/c1-7-28-21(26)18-14-17(25-30-23(3,4)24(5,6)31-25)15-19(22(27)29-8-2)20(18)16-12-10-9-11-13-16/h9-15H,7-8H2,1-6H3. The Hall–Kier alpha value is -2.64. The van der Waals surface area contributed by atoms with Gasteiger partial charge in [0.1, 0.15) is 0 Å². The predicted molar refractivity (Wildman–Crippen MR) is 120 cm³/mol. The third-order valence-electron chi connectivity index (χ3n) is 5.74. The number of hydrogen-bond acceptors (Lipinski definition) is 6. The van der Waals surface area contributed by atoms with Crippen LogP contribution < -0.4 is 5.46 Å². The minimum atomic E-state index is -0.740. The van der Waals surface area contributed by atoms with Gasteiger partial charge in [0.05, 0.1) is 35.5 Å². The Morgan fingerprint density at radius 3 is 1.71 bits per heavy atom. The van der Waals surface area contributed by atoms with Crippen molar-refractivity contribution in [1.82, 2.24) is 0 Å². The van der Waals surface area contributed by atoms with Crippen molar-refractivity contribution >= 4 is 24.5 Å². The van der Waals surface area contributed by atoms with Gasteiger partial charge in [-0.2, -0.15) is 0 Å². The molecule has 0 aliphatic carbocycles. The van der Waals surface area contributed by atoms with Crippen molar-refractivity contribution in [3.05, 3.63) is 53.6 Å². The summed E-state index contributed by atoms with van der Waals surface area (Å²) in [6.07, 6.45) is 0. The number of ether oxygens (including phenoxy) is 2. The summed E-state index contributed by atoms with van der Waals surface area (Å²) in [5.74, 6) is -1.05. The van der Waals surface area contributed by atoms with Gasteiger partial charge in [-0.25, -0.2) is 9.59 Å². The highest BCUT2D eigenvalue weighted by molar-refractivity contribution is 6.62. The molecule has 0 unspecified atom stereocenters. The van der Waals surface area contributed by atoms with Crippen LogP contribution in [-0.4, -0.2) is 43.5 Å². The van der Waals surface area contributed by atoms with Crippen LogP contribution in [0.15, 0.2) is 42.5 Å². The van der Waals surface area contributed by atoms with Crippen LogP contribution in [0.1, 0.15) is 62.3 Å². The molecule has 2 aromatic carbocycles. The van der Waals surface area contributed by atoms with Gasteiger partial charge in [-0.1, -0.05) is 30.3 Å². The van der Waals surface area contributed by atoms with E-state index in [9.17, 15) is 9.59 Å². The SMILES string of the molecule is CCOC(=O)c1cc(B2OC(C)(C)C(C)(C)O2)cc(C(=O)OCC)c1-c1ccccc1. The highest BCUT2D eigenvalue weighted by atomic mass is 16.7. The molecule has 0 spiro atoms. The topological polar surface area (TPSA) is 71.1 Å². The Morgan fingerprint density at radius 2 is 1.29 bits per heavy atom. The Labute approximate surface area is 184 Å². The smallest absolute Gasteiger partial charge is 0.462 e. The van der Waals surface area contributed by atoms with Gasteiger partial charge in [0, 0.05) is 5.56 Å². The molecule has 1 aliphatic heterocycles. The number of carbonyl (C=O) groups excluding carboxylic acids is 2. The third-order valence-corrected chi connectivity index (χ3v) is 5.74. The van der Waals surface area contributed by atoms with Gasteiger partial charge in [0.25, 0.3) is 0 Å². The van der Waals surface area contributed by atoms with Crippen LogP contribution in [0, 0.1) is 0 Å². The molecule has 0 aromatic heterocycles. The normalized spacial score (nSPS) is 16.8. The molecule has 2 aromatic rings. The van der Waals surface area contributed by atoms with Gasteiger partial charge in [0.2, 0.25) is 0 Å². The zero-order valence-corrected chi connectivity index (χ0v) is 19.0. The molecule has 7 heteroatoms. The molecular weight excluding hydrogens is 395 g/mol. The van der Waals surface area contributed by atoms with E-state index in [1.807, 2.05) is 58.0 Å². The summed E-state index contributed by atoms with van der Waals surface area (Å²) in [6, 6.07) is 12.6. The molecule has 164 valence electrons. The quantitative estimate of drug-likeness (QED) is 0.516. The zero-order chi connectivity index (χ0) is 22.8. The lowest BCUT2D eigenvalue weighted by Crippen LogP contribution is -2.41. The number of rotatable bonds is 6. The monoisotopic (exact) mass is 424 g/mol. The summed E-state index contributed by atoms with van der Waals surface area (Å²) in [5.41, 5.74) is 1.15. The second kappa shape index (κ2) is 8.85. The zero-order valence-electron chi connectivity index (χ0n) is 19.0. The van der Waals surface area contributed by atoms with Gasteiger partial charge < -0.3 is 18.8 Å². The summed E-state index contributed by atoms with van der Waals surface area (Å²) in [4.78, 5) is 25.9. The van der Waals surface area contributed by atoms with Crippen molar-refractivity contribution in [2.75, 3.05) is 13.2 Å². The predicted octanol–water partition coefficient (Wildman–Crippen LogP) is 4.01. The van der Waals surface area contributed by atoms with E-state index in [-0.39, 0.29) is 24.3 Å². The highest BCUT2D eigenvalue weighted by Gasteiger charge is 2.52.